The lowest BCUT2D eigenvalue weighted by molar-refractivity contribution is -0.121. The number of para-hydroxylation sites is 2. The number of amides is 1. The molecule has 0 spiro atoms. The number of aromatic nitrogens is 2. The number of methoxy groups -OCH3 is 1. The second-order valence-corrected chi connectivity index (χ2v) is 6.83. The van der Waals surface area contributed by atoms with Crippen LogP contribution in [0.5, 0.6) is 5.75 Å². The second kappa shape index (κ2) is 10.1. The van der Waals surface area contributed by atoms with E-state index in [4.69, 9.17) is 21.1 Å². The van der Waals surface area contributed by atoms with E-state index in [1.807, 2.05) is 41.0 Å². The number of hydrogen-bond acceptors (Lipinski definition) is 4. The molecule has 0 saturated carbocycles. The molecular weight excluding hydrogens is 378 g/mol. The highest BCUT2D eigenvalue weighted by atomic mass is 35.5. The van der Waals surface area contributed by atoms with Crippen molar-refractivity contribution in [3.63, 3.8) is 0 Å². The molecule has 0 radical (unpaired) electrons. The Morgan fingerprint density at radius 2 is 1.93 bits per heavy atom. The van der Waals surface area contributed by atoms with E-state index in [-0.39, 0.29) is 19.1 Å². The topological polar surface area (TPSA) is 65.4 Å². The molecule has 1 amide bonds. The van der Waals surface area contributed by atoms with Gasteiger partial charge in [-0.3, -0.25) is 4.79 Å². The summed E-state index contributed by atoms with van der Waals surface area (Å²) in [4.78, 5) is 17.0. The Morgan fingerprint density at radius 1 is 1.14 bits per heavy atom. The smallest absolute Gasteiger partial charge is 0.240 e. The van der Waals surface area contributed by atoms with Gasteiger partial charge in [0.25, 0.3) is 0 Å². The summed E-state index contributed by atoms with van der Waals surface area (Å²) >= 11 is 5.91. The largest absolute Gasteiger partial charge is 0.486 e. The fraction of sp³-hybridized carbons (Fsp3) is 0.333. The summed E-state index contributed by atoms with van der Waals surface area (Å²) in [7, 11) is 1.68. The number of benzene rings is 2. The Morgan fingerprint density at radius 3 is 2.71 bits per heavy atom. The number of hydrogen-bond donors (Lipinski definition) is 1. The van der Waals surface area contributed by atoms with Crippen molar-refractivity contribution >= 4 is 28.5 Å². The van der Waals surface area contributed by atoms with Gasteiger partial charge < -0.3 is 19.4 Å². The summed E-state index contributed by atoms with van der Waals surface area (Å²) in [5.74, 6) is 1.35. The van der Waals surface area contributed by atoms with Gasteiger partial charge in [0.05, 0.1) is 11.0 Å². The predicted molar refractivity (Wildman–Crippen MR) is 110 cm³/mol. The number of rotatable bonds is 10. The summed E-state index contributed by atoms with van der Waals surface area (Å²) in [6.45, 7) is 1.79. The molecule has 6 nitrogen and oxygen atoms in total. The van der Waals surface area contributed by atoms with E-state index in [1.165, 1.54) is 0 Å². The van der Waals surface area contributed by atoms with Crippen molar-refractivity contribution in [1.29, 1.82) is 0 Å². The minimum absolute atomic E-state index is 0.0479. The maximum absolute atomic E-state index is 12.4. The number of fused-ring (bicyclic) bond motifs is 1. The summed E-state index contributed by atoms with van der Waals surface area (Å²) in [5.41, 5.74) is 1.75. The molecule has 28 heavy (non-hydrogen) atoms. The van der Waals surface area contributed by atoms with Crippen molar-refractivity contribution in [2.24, 2.45) is 0 Å². The van der Waals surface area contributed by atoms with Crippen LogP contribution in [-0.4, -0.2) is 35.7 Å². The fourth-order valence-electron chi connectivity index (χ4n) is 2.89. The van der Waals surface area contributed by atoms with E-state index in [0.29, 0.717) is 29.7 Å². The molecule has 1 heterocycles. The number of halogens is 1. The van der Waals surface area contributed by atoms with Gasteiger partial charge >= 0.3 is 0 Å². The summed E-state index contributed by atoms with van der Waals surface area (Å²) < 4.78 is 12.8. The van der Waals surface area contributed by atoms with Gasteiger partial charge in [-0.25, -0.2) is 4.98 Å². The van der Waals surface area contributed by atoms with Crippen LogP contribution in [0.3, 0.4) is 0 Å². The number of carbonyl (C=O) groups is 1. The van der Waals surface area contributed by atoms with Crippen LogP contribution in [0.25, 0.3) is 11.0 Å². The Kier molecular flexibility index (Phi) is 7.28. The Hall–Kier alpha value is -2.57. The van der Waals surface area contributed by atoms with E-state index in [1.54, 1.807) is 19.2 Å². The van der Waals surface area contributed by atoms with Crippen LogP contribution in [0.4, 0.5) is 0 Å². The third-order valence-corrected chi connectivity index (χ3v) is 4.57. The van der Waals surface area contributed by atoms with E-state index >= 15 is 0 Å². The normalized spacial score (nSPS) is 10.9. The van der Waals surface area contributed by atoms with E-state index < -0.39 is 0 Å². The third kappa shape index (κ3) is 5.47. The maximum Gasteiger partial charge on any atom is 0.240 e. The van der Waals surface area contributed by atoms with Crippen LogP contribution in [0, 0.1) is 0 Å². The van der Waals surface area contributed by atoms with Crippen molar-refractivity contribution in [2.75, 3.05) is 20.3 Å². The minimum Gasteiger partial charge on any atom is -0.486 e. The lowest BCUT2D eigenvalue weighted by Gasteiger charge is -2.11. The van der Waals surface area contributed by atoms with Gasteiger partial charge in [0.2, 0.25) is 5.91 Å². The molecule has 3 aromatic rings. The monoisotopic (exact) mass is 401 g/mol. The molecule has 0 bridgehead atoms. The molecule has 0 fully saturated rings. The molecule has 148 valence electrons. The molecule has 0 aliphatic carbocycles. The van der Waals surface area contributed by atoms with E-state index in [0.717, 1.165) is 23.9 Å². The number of unbranched alkanes of at least 4 members (excludes halogenated alkanes) is 1. The molecule has 0 aliphatic heterocycles. The molecule has 2 aromatic carbocycles. The molecular formula is C21H24ClN3O3. The predicted octanol–water partition coefficient (Wildman–Crippen LogP) is 3.81. The van der Waals surface area contributed by atoms with E-state index in [9.17, 15) is 4.79 Å². The quantitative estimate of drug-likeness (QED) is 0.524. The SMILES string of the molecule is COCCCCNC(=O)Cn1c(COc2ccc(Cl)cc2)nc2ccccc21. The fourth-order valence-corrected chi connectivity index (χ4v) is 3.02. The zero-order valence-electron chi connectivity index (χ0n) is 15.9. The van der Waals surface area contributed by atoms with Crippen LogP contribution in [0.1, 0.15) is 18.7 Å². The van der Waals surface area contributed by atoms with Crippen molar-refractivity contribution < 1.29 is 14.3 Å². The molecule has 0 saturated heterocycles. The number of carbonyl (C=O) groups excluding carboxylic acids is 1. The Balaban J connectivity index is 1.68. The molecule has 0 aliphatic rings. The number of nitrogens with zero attached hydrogens (tertiary/aromatic N) is 2. The molecule has 1 aromatic heterocycles. The van der Waals surface area contributed by atoms with Crippen molar-refractivity contribution in [1.82, 2.24) is 14.9 Å². The zero-order valence-corrected chi connectivity index (χ0v) is 16.6. The molecule has 1 N–H and O–H groups in total. The summed E-state index contributed by atoms with van der Waals surface area (Å²) in [6.07, 6.45) is 1.81. The van der Waals surface area contributed by atoms with E-state index in [2.05, 4.69) is 10.3 Å². The van der Waals surface area contributed by atoms with Gasteiger partial charge in [-0.1, -0.05) is 23.7 Å². The summed E-state index contributed by atoms with van der Waals surface area (Å²) in [6, 6.07) is 14.9. The second-order valence-electron chi connectivity index (χ2n) is 6.40. The highest BCUT2D eigenvalue weighted by Crippen LogP contribution is 2.20. The molecule has 7 heteroatoms. The first-order chi connectivity index (χ1) is 13.7. The molecule has 3 rings (SSSR count). The van der Waals surface area contributed by atoms with Gasteiger partial charge in [-0.05, 0) is 49.2 Å². The zero-order chi connectivity index (χ0) is 19.8. The van der Waals surface area contributed by atoms with Crippen molar-refractivity contribution in [3.05, 3.63) is 59.4 Å². The first kappa shape index (κ1) is 20.2. The van der Waals surface area contributed by atoms with Crippen LogP contribution < -0.4 is 10.1 Å². The highest BCUT2D eigenvalue weighted by Gasteiger charge is 2.14. The van der Waals surface area contributed by atoms with Crippen LogP contribution >= 0.6 is 11.6 Å². The molecule has 0 unspecified atom stereocenters. The number of nitrogens with one attached hydrogen (secondary N) is 1. The van der Waals surface area contributed by atoms with Crippen LogP contribution in [0.15, 0.2) is 48.5 Å². The lowest BCUT2D eigenvalue weighted by atomic mass is 10.3. The average molecular weight is 402 g/mol. The van der Waals surface area contributed by atoms with Crippen LogP contribution in [0.2, 0.25) is 5.02 Å². The van der Waals surface area contributed by atoms with Crippen molar-refractivity contribution in [3.8, 4) is 5.75 Å². The average Bonchev–Trinajstić information content (AvgIpc) is 3.05. The van der Waals surface area contributed by atoms with Crippen molar-refractivity contribution in [2.45, 2.75) is 26.0 Å². The maximum atomic E-state index is 12.4. The highest BCUT2D eigenvalue weighted by molar-refractivity contribution is 6.30. The molecule has 0 atom stereocenters. The summed E-state index contributed by atoms with van der Waals surface area (Å²) in [5, 5.41) is 3.61. The van der Waals surface area contributed by atoms with Gasteiger partial charge in [-0.15, -0.1) is 0 Å². The van der Waals surface area contributed by atoms with Gasteiger partial charge in [-0.2, -0.15) is 0 Å². The Bertz CT molecular complexity index is 909. The van der Waals surface area contributed by atoms with Crippen LogP contribution in [-0.2, 0) is 22.7 Å². The van der Waals surface area contributed by atoms with Gasteiger partial charge in [0.1, 0.15) is 24.7 Å². The third-order valence-electron chi connectivity index (χ3n) is 4.31. The number of imidazole rings is 1. The number of ether oxygens (including phenoxy) is 2. The van der Waals surface area contributed by atoms with Gasteiger partial charge in [0, 0.05) is 25.3 Å². The first-order valence-electron chi connectivity index (χ1n) is 9.25. The standard InChI is InChI=1S/C21H24ClN3O3/c1-27-13-5-4-12-23-21(26)14-25-19-7-3-2-6-18(19)24-20(25)15-28-17-10-8-16(22)9-11-17/h2-3,6-11H,4-5,12-15H2,1H3,(H,23,26). The lowest BCUT2D eigenvalue weighted by Crippen LogP contribution is -2.29. The van der Waals surface area contributed by atoms with Gasteiger partial charge in [0.15, 0.2) is 0 Å². The minimum atomic E-state index is -0.0479. The Labute approximate surface area is 169 Å². The first-order valence-corrected chi connectivity index (χ1v) is 9.63.